The number of carbonyl (C=O) groups is 1. The van der Waals surface area contributed by atoms with Gasteiger partial charge in [0.05, 0.1) is 13.2 Å². The Labute approximate surface area is 136 Å². The van der Waals surface area contributed by atoms with E-state index in [4.69, 9.17) is 18.9 Å². The van der Waals surface area contributed by atoms with Crippen molar-refractivity contribution < 1.29 is 28.8 Å². The molecular formula is C16H25NO6. The van der Waals surface area contributed by atoms with Crippen LogP contribution in [0.1, 0.15) is 33.6 Å². The second kappa shape index (κ2) is 7.33. The standard InChI is InChI=1S/C16H25NO6/c1-5-6-7-8-20-15-12(17-10(2)18)13(19)14-11(22-15)9-21-16(3,4)23-14/h5,11,13-14,19H,1,6-9H2,2-4H3,(H,17,18)/t11-,13-,14-/m1/s1. The van der Waals surface area contributed by atoms with Gasteiger partial charge in [-0.1, -0.05) is 6.08 Å². The van der Waals surface area contributed by atoms with Gasteiger partial charge in [0.25, 0.3) is 0 Å². The molecule has 0 unspecified atom stereocenters. The molecule has 0 spiro atoms. The number of rotatable bonds is 6. The molecule has 0 saturated carbocycles. The summed E-state index contributed by atoms with van der Waals surface area (Å²) in [5.74, 6) is -1.03. The first-order valence-electron chi connectivity index (χ1n) is 7.76. The first-order valence-corrected chi connectivity index (χ1v) is 7.76. The third kappa shape index (κ3) is 4.46. The monoisotopic (exact) mass is 327 g/mol. The summed E-state index contributed by atoms with van der Waals surface area (Å²) in [5, 5.41) is 13.2. The molecule has 7 heteroatoms. The van der Waals surface area contributed by atoms with Crippen LogP contribution in [-0.4, -0.2) is 48.3 Å². The van der Waals surface area contributed by atoms with Crippen LogP contribution in [0.5, 0.6) is 0 Å². The van der Waals surface area contributed by atoms with Crippen molar-refractivity contribution in [2.45, 2.75) is 57.7 Å². The molecular weight excluding hydrogens is 302 g/mol. The number of unbranched alkanes of at least 4 members (excludes halogenated alkanes) is 1. The van der Waals surface area contributed by atoms with Gasteiger partial charge in [-0.05, 0) is 26.7 Å². The van der Waals surface area contributed by atoms with Gasteiger partial charge in [0.2, 0.25) is 5.91 Å². The minimum Gasteiger partial charge on any atom is -0.464 e. The van der Waals surface area contributed by atoms with Gasteiger partial charge in [0.1, 0.15) is 17.9 Å². The lowest BCUT2D eigenvalue weighted by atomic mass is 10.0. The van der Waals surface area contributed by atoms with Crippen LogP contribution in [-0.2, 0) is 23.7 Å². The largest absolute Gasteiger partial charge is 0.464 e. The fourth-order valence-electron chi connectivity index (χ4n) is 2.49. The summed E-state index contributed by atoms with van der Waals surface area (Å²) in [6.45, 7) is 9.19. The zero-order chi connectivity index (χ0) is 17.0. The summed E-state index contributed by atoms with van der Waals surface area (Å²) in [4.78, 5) is 11.4. The van der Waals surface area contributed by atoms with Crippen molar-refractivity contribution >= 4 is 5.91 Å². The van der Waals surface area contributed by atoms with Gasteiger partial charge in [-0.15, -0.1) is 6.58 Å². The third-order valence-electron chi connectivity index (χ3n) is 3.56. The second-order valence-electron chi connectivity index (χ2n) is 6.06. The average Bonchev–Trinajstić information content (AvgIpc) is 2.47. The van der Waals surface area contributed by atoms with E-state index in [2.05, 4.69) is 11.9 Å². The Morgan fingerprint density at radius 2 is 2.30 bits per heavy atom. The number of hydrogen-bond donors (Lipinski definition) is 2. The Morgan fingerprint density at radius 3 is 2.96 bits per heavy atom. The highest BCUT2D eigenvalue weighted by atomic mass is 16.8. The Bertz CT molecular complexity index is 487. The lowest BCUT2D eigenvalue weighted by Gasteiger charge is -2.45. The Balaban J connectivity index is 2.16. The van der Waals surface area contributed by atoms with E-state index in [9.17, 15) is 9.90 Å². The summed E-state index contributed by atoms with van der Waals surface area (Å²) in [6.07, 6.45) is 1.16. The van der Waals surface area contributed by atoms with Crippen molar-refractivity contribution in [3.05, 3.63) is 24.3 Å². The summed E-state index contributed by atoms with van der Waals surface area (Å²) < 4.78 is 22.6. The summed E-state index contributed by atoms with van der Waals surface area (Å²) >= 11 is 0. The van der Waals surface area contributed by atoms with Crippen LogP contribution in [0.25, 0.3) is 0 Å². The van der Waals surface area contributed by atoms with E-state index in [1.165, 1.54) is 6.92 Å². The Morgan fingerprint density at radius 1 is 1.57 bits per heavy atom. The predicted molar refractivity (Wildman–Crippen MR) is 82.0 cm³/mol. The van der Waals surface area contributed by atoms with E-state index in [1.54, 1.807) is 19.9 Å². The molecule has 130 valence electrons. The molecule has 0 aliphatic carbocycles. The molecule has 2 heterocycles. The highest BCUT2D eigenvalue weighted by Gasteiger charge is 2.48. The topological polar surface area (TPSA) is 86.3 Å². The van der Waals surface area contributed by atoms with Gasteiger partial charge in [0.15, 0.2) is 11.9 Å². The minimum atomic E-state index is -1.06. The van der Waals surface area contributed by atoms with Gasteiger partial charge in [-0.2, -0.15) is 0 Å². The smallest absolute Gasteiger partial charge is 0.302 e. The normalized spacial score (nSPS) is 29.3. The molecule has 1 fully saturated rings. The van der Waals surface area contributed by atoms with E-state index in [-0.39, 0.29) is 24.2 Å². The van der Waals surface area contributed by atoms with E-state index in [0.29, 0.717) is 6.61 Å². The molecule has 7 nitrogen and oxygen atoms in total. The van der Waals surface area contributed by atoms with Crippen molar-refractivity contribution in [1.82, 2.24) is 5.32 Å². The van der Waals surface area contributed by atoms with Crippen LogP contribution in [0.15, 0.2) is 24.3 Å². The molecule has 2 aliphatic rings. The number of hydrogen-bond acceptors (Lipinski definition) is 6. The lowest BCUT2D eigenvalue weighted by Crippen LogP contribution is -2.58. The maximum absolute atomic E-state index is 11.4. The van der Waals surface area contributed by atoms with E-state index < -0.39 is 24.1 Å². The Kier molecular flexibility index (Phi) is 5.67. The van der Waals surface area contributed by atoms with Crippen molar-refractivity contribution in [3.63, 3.8) is 0 Å². The first kappa shape index (κ1) is 17.8. The molecule has 0 aromatic heterocycles. The van der Waals surface area contributed by atoms with Gasteiger partial charge in [0, 0.05) is 6.92 Å². The molecule has 23 heavy (non-hydrogen) atoms. The summed E-state index contributed by atoms with van der Waals surface area (Å²) in [5.41, 5.74) is 0.190. The number of aliphatic hydroxyl groups is 1. The van der Waals surface area contributed by atoms with Crippen LogP contribution < -0.4 is 5.32 Å². The zero-order valence-electron chi connectivity index (χ0n) is 13.8. The maximum Gasteiger partial charge on any atom is 0.302 e. The molecule has 2 aliphatic heterocycles. The zero-order valence-corrected chi connectivity index (χ0v) is 13.8. The van der Waals surface area contributed by atoms with E-state index >= 15 is 0 Å². The molecule has 0 aromatic carbocycles. The molecule has 1 amide bonds. The summed E-state index contributed by atoms with van der Waals surface area (Å²) in [6, 6.07) is 0. The number of aliphatic hydroxyl groups excluding tert-OH is 1. The SMILES string of the molecule is C=CCCCOC1=C(NC(C)=O)[C@@H](O)[C@@H]2OC(C)(C)OC[C@H]2O1. The summed E-state index contributed by atoms with van der Waals surface area (Å²) in [7, 11) is 0. The average molecular weight is 327 g/mol. The number of amides is 1. The van der Waals surface area contributed by atoms with Crippen LogP contribution in [0.3, 0.4) is 0 Å². The van der Waals surface area contributed by atoms with Crippen LogP contribution in [0, 0.1) is 0 Å². The van der Waals surface area contributed by atoms with Gasteiger partial charge in [-0.3, -0.25) is 4.79 Å². The van der Waals surface area contributed by atoms with Crippen LogP contribution >= 0.6 is 0 Å². The van der Waals surface area contributed by atoms with Crippen molar-refractivity contribution in [3.8, 4) is 0 Å². The van der Waals surface area contributed by atoms with Crippen LogP contribution in [0.4, 0.5) is 0 Å². The highest BCUT2D eigenvalue weighted by Crippen LogP contribution is 2.33. The fraction of sp³-hybridized carbons (Fsp3) is 0.688. The van der Waals surface area contributed by atoms with Gasteiger partial charge in [-0.25, -0.2) is 0 Å². The fourth-order valence-corrected chi connectivity index (χ4v) is 2.49. The van der Waals surface area contributed by atoms with Crippen molar-refractivity contribution in [2.24, 2.45) is 0 Å². The molecule has 1 saturated heterocycles. The molecule has 2 N–H and O–H groups in total. The van der Waals surface area contributed by atoms with E-state index in [1.807, 2.05) is 0 Å². The van der Waals surface area contributed by atoms with E-state index in [0.717, 1.165) is 12.8 Å². The lowest BCUT2D eigenvalue weighted by molar-refractivity contribution is -0.327. The number of allylic oxidation sites excluding steroid dienone is 1. The maximum atomic E-state index is 11.4. The molecule has 0 radical (unpaired) electrons. The first-order chi connectivity index (χ1) is 10.8. The minimum absolute atomic E-state index is 0.116. The van der Waals surface area contributed by atoms with Crippen molar-refractivity contribution in [1.29, 1.82) is 0 Å². The molecule has 0 aromatic rings. The number of ether oxygens (including phenoxy) is 4. The third-order valence-corrected chi connectivity index (χ3v) is 3.56. The van der Waals surface area contributed by atoms with Crippen LogP contribution in [0.2, 0.25) is 0 Å². The Hall–Kier alpha value is -1.57. The quantitative estimate of drug-likeness (QED) is 0.563. The number of carbonyl (C=O) groups excluding carboxylic acids is 1. The van der Waals surface area contributed by atoms with Gasteiger partial charge >= 0.3 is 5.95 Å². The number of fused-ring (bicyclic) bond motifs is 1. The predicted octanol–water partition coefficient (Wildman–Crippen LogP) is 1.19. The molecule has 3 atom stereocenters. The highest BCUT2D eigenvalue weighted by molar-refractivity contribution is 5.75. The number of nitrogens with one attached hydrogen (secondary N) is 1. The second-order valence-corrected chi connectivity index (χ2v) is 6.06. The van der Waals surface area contributed by atoms with Gasteiger partial charge < -0.3 is 29.4 Å². The molecule has 0 bridgehead atoms. The van der Waals surface area contributed by atoms with Crippen molar-refractivity contribution in [2.75, 3.05) is 13.2 Å². The molecule has 2 rings (SSSR count).